The number of hydrogen-bond acceptors (Lipinski definition) is 5. The van der Waals surface area contributed by atoms with Gasteiger partial charge in [-0.05, 0) is 29.7 Å². The third kappa shape index (κ3) is 3.62. The summed E-state index contributed by atoms with van der Waals surface area (Å²) in [6, 6.07) is 4.03. The van der Waals surface area contributed by atoms with Crippen molar-refractivity contribution in [3.8, 4) is 11.5 Å². The first-order valence-electron chi connectivity index (χ1n) is 8.88. The largest absolute Gasteiger partial charge is 0.493 e. The Morgan fingerprint density at radius 2 is 1.73 bits per heavy atom. The molecule has 1 fully saturated rings. The van der Waals surface area contributed by atoms with Gasteiger partial charge in [-0.25, -0.2) is 0 Å². The average molecular weight is 361 g/mol. The SMILES string of the molecule is COc1cc2c(cc1OC)CN(CC(=O)N1CC(C(=O)N(C)C)C1)CC2. The zero-order valence-electron chi connectivity index (χ0n) is 15.9. The first-order valence-corrected chi connectivity index (χ1v) is 8.88. The lowest BCUT2D eigenvalue weighted by Crippen LogP contribution is -2.57. The summed E-state index contributed by atoms with van der Waals surface area (Å²) in [5.41, 5.74) is 2.41. The van der Waals surface area contributed by atoms with Gasteiger partial charge in [0.05, 0.1) is 26.7 Å². The van der Waals surface area contributed by atoms with E-state index >= 15 is 0 Å². The smallest absolute Gasteiger partial charge is 0.236 e. The van der Waals surface area contributed by atoms with E-state index in [1.807, 2.05) is 12.1 Å². The minimum atomic E-state index is -0.0484. The van der Waals surface area contributed by atoms with Crippen molar-refractivity contribution in [1.29, 1.82) is 0 Å². The Balaban J connectivity index is 1.57. The second-order valence-electron chi connectivity index (χ2n) is 7.16. The lowest BCUT2D eigenvalue weighted by atomic mass is 9.97. The molecule has 0 bridgehead atoms. The van der Waals surface area contributed by atoms with E-state index in [1.165, 1.54) is 11.1 Å². The molecule has 7 nitrogen and oxygen atoms in total. The standard InChI is InChI=1S/C19H27N3O4/c1-20(2)19(24)15-10-22(11-15)18(23)12-21-6-5-13-7-16(25-3)17(26-4)8-14(13)9-21/h7-8,15H,5-6,9-12H2,1-4H3. The van der Waals surface area contributed by atoms with Crippen LogP contribution in [-0.4, -0.2) is 81.0 Å². The van der Waals surface area contributed by atoms with Crippen molar-refractivity contribution < 1.29 is 19.1 Å². The normalized spacial score (nSPS) is 17.3. The second kappa shape index (κ2) is 7.53. The molecule has 7 heteroatoms. The highest BCUT2D eigenvalue weighted by molar-refractivity contribution is 5.85. The van der Waals surface area contributed by atoms with E-state index < -0.39 is 0 Å². The number of carbonyl (C=O) groups excluding carboxylic acids is 2. The number of hydrogen-bond donors (Lipinski definition) is 0. The van der Waals surface area contributed by atoms with Crippen LogP contribution in [0.25, 0.3) is 0 Å². The van der Waals surface area contributed by atoms with Crippen LogP contribution in [-0.2, 0) is 22.6 Å². The summed E-state index contributed by atoms with van der Waals surface area (Å²) in [4.78, 5) is 29.9. The summed E-state index contributed by atoms with van der Waals surface area (Å²) in [7, 11) is 6.77. The van der Waals surface area contributed by atoms with Gasteiger partial charge in [-0.2, -0.15) is 0 Å². The molecule has 0 atom stereocenters. The molecular formula is C19H27N3O4. The van der Waals surface area contributed by atoms with Crippen LogP contribution in [0.2, 0.25) is 0 Å². The van der Waals surface area contributed by atoms with Gasteiger partial charge in [0, 0.05) is 40.3 Å². The predicted molar refractivity (Wildman–Crippen MR) is 97.3 cm³/mol. The summed E-state index contributed by atoms with van der Waals surface area (Å²) in [6.45, 7) is 3.00. The topological polar surface area (TPSA) is 62.3 Å². The van der Waals surface area contributed by atoms with Crippen molar-refractivity contribution in [1.82, 2.24) is 14.7 Å². The van der Waals surface area contributed by atoms with Crippen molar-refractivity contribution in [2.24, 2.45) is 5.92 Å². The van der Waals surface area contributed by atoms with E-state index in [1.54, 1.807) is 38.1 Å². The Bertz CT molecular complexity index is 698. The van der Waals surface area contributed by atoms with Crippen molar-refractivity contribution in [2.75, 3.05) is 54.5 Å². The van der Waals surface area contributed by atoms with Gasteiger partial charge in [-0.15, -0.1) is 0 Å². The molecule has 0 aromatic heterocycles. The summed E-state index contributed by atoms with van der Waals surface area (Å²) >= 11 is 0. The molecule has 2 heterocycles. The number of amides is 2. The van der Waals surface area contributed by atoms with E-state index in [-0.39, 0.29) is 17.7 Å². The van der Waals surface area contributed by atoms with Gasteiger partial charge in [0.2, 0.25) is 11.8 Å². The third-order valence-corrected chi connectivity index (χ3v) is 5.18. The molecule has 3 rings (SSSR count). The molecule has 1 aromatic rings. The number of rotatable bonds is 5. The van der Waals surface area contributed by atoms with Gasteiger partial charge in [-0.3, -0.25) is 14.5 Å². The van der Waals surface area contributed by atoms with Crippen LogP contribution >= 0.6 is 0 Å². The number of methoxy groups -OCH3 is 2. The molecule has 0 unspecified atom stereocenters. The van der Waals surface area contributed by atoms with Crippen molar-refractivity contribution in [3.63, 3.8) is 0 Å². The highest BCUT2D eigenvalue weighted by Crippen LogP contribution is 2.33. The number of benzene rings is 1. The molecule has 0 aliphatic carbocycles. The number of likely N-dealkylation sites (tertiary alicyclic amines) is 1. The van der Waals surface area contributed by atoms with Crippen LogP contribution in [0, 0.1) is 5.92 Å². The third-order valence-electron chi connectivity index (χ3n) is 5.18. The first-order chi connectivity index (χ1) is 12.4. The van der Waals surface area contributed by atoms with Gasteiger partial charge >= 0.3 is 0 Å². The fourth-order valence-electron chi connectivity index (χ4n) is 3.57. The Labute approximate surface area is 154 Å². The lowest BCUT2D eigenvalue weighted by Gasteiger charge is -2.40. The van der Waals surface area contributed by atoms with E-state index in [0.717, 1.165) is 25.3 Å². The lowest BCUT2D eigenvalue weighted by molar-refractivity contribution is -0.147. The molecule has 0 N–H and O–H groups in total. The van der Waals surface area contributed by atoms with E-state index in [9.17, 15) is 9.59 Å². The van der Waals surface area contributed by atoms with Gasteiger partial charge < -0.3 is 19.3 Å². The molecule has 1 aromatic carbocycles. The van der Waals surface area contributed by atoms with Gasteiger partial charge in [-0.1, -0.05) is 0 Å². The number of carbonyl (C=O) groups is 2. The van der Waals surface area contributed by atoms with Crippen LogP contribution in [0.1, 0.15) is 11.1 Å². The predicted octanol–water partition coefficient (Wildman–Crippen LogP) is 0.609. The van der Waals surface area contributed by atoms with E-state index in [2.05, 4.69) is 4.90 Å². The minimum absolute atomic E-state index is 0.0484. The van der Waals surface area contributed by atoms with E-state index in [4.69, 9.17) is 9.47 Å². The molecule has 2 amide bonds. The maximum atomic E-state index is 12.5. The summed E-state index contributed by atoms with van der Waals surface area (Å²) in [6.07, 6.45) is 0.880. The Morgan fingerprint density at radius 1 is 1.12 bits per heavy atom. The molecule has 2 aliphatic heterocycles. The molecule has 0 radical (unpaired) electrons. The maximum Gasteiger partial charge on any atom is 0.236 e. The number of nitrogens with zero attached hydrogens (tertiary/aromatic N) is 3. The molecule has 0 spiro atoms. The van der Waals surface area contributed by atoms with Crippen molar-refractivity contribution in [2.45, 2.75) is 13.0 Å². The molecule has 2 aliphatic rings. The minimum Gasteiger partial charge on any atom is -0.493 e. The van der Waals surface area contributed by atoms with Gasteiger partial charge in [0.15, 0.2) is 11.5 Å². The molecule has 1 saturated heterocycles. The van der Waals surface area contributed by atoms with Crippen LogP contribution in [0.15, 0.2) is 12.1 Å². The average Bonchev–Trinajstić information content (AvgIpc) is 2.58. The Kier molecular flexibility index (Phi) is 5.36. The summed E-state index contributed by atoms with van der Waals surface area (Å²) in [5.74, 6) is 1.60. The first kappa shape index (κ1) is 18.5. The van der Waals surface area contributed by atoms with Crippen LogP contribution in [0.5, 0.6) is 11.5 Å². The monoisotopic (exact) mass is 361 g/mol. The second-order valence-corrected chi connectivity index (χ2v) is 7.16. The van der Waals surface area contributed by atoms with Crippen molar-refractivity contribution >= 4 is 11.8 Å². The Hall–Kier alpha value is -2.28. The molecule has 142 valence electrons. The van der Waals surface area contributed by atoms with Gasteiger partial charge in [0.25, 0.3) is 0 Å². The van der Waals surface area contributed by atoms with Crippen LogP contribution in [0.4, 0.5) is 0 Å². The van der Waals surface area contributed by atoms with E-state index in [0.29, 0.717) is 25.4 Å². The summed E-state index contributed by atoms with van der Waals surface area (Å²) < 4.78 is 10.7. The maximum absolute atomic E-state index is 12.5. The highest BCUT2D eigenvalue weighted by atomic mass is 16.5. The zero-order valence-corrected chi connectivity index (χ0v) is 15.9. The fraction of sp³-hybridized carbons (Fsp3) is 0.579. The molecular weight excluding hydrogens is 334 g/mol. The number of ether oxygens (including phenoxy) is 2. The molecule has 0 saturated carbocycles. The van der Waals surface area contributed by atoms with Crippen molar-refractivity contribution in [3.05, 3.63) is 23.3 Å². The molecule has 26 heavy (non-hydrogen) atoms. The highest BCUT2D eigenvalue weighted by Gasteiger charge is 2.36. The zero-order chi connectivity index (χ0) is 18.8. The number of fused-ring (bicyclic) bond motifs is 1. The van der Waals surface area contributed by atoms with Gasteiger partial charge in [0.1, 0.15) is 0 Å². The summed E-state index contributed by atoms with van der Waals surface area (Å²) in [5, 5.41) is 0. The van der Waals surface area contributed by atoms with Crippen LogP contribution in [0.3, 0.4) is 0 Å². The fourth-order valence-corrected chi connectivity index (χ4v) is 3.57. The van der Waals surface area contributed by atoms with Crippen LogP contribution < -0.4 is 9.47 Å². The quantitative estimate of drug-likeness (QED) is 0.769. The Morgan fingerprint density at radius 3 is 2.31 bits per heavy atom.